The van der Waals surface area contributed by atoms with Gasteiger partial charge in [0.2, 0.25) is 0 Å². The van der Waals surface area contributed by atoms with Crippen LogP contribution < -0.4 is 5.32 Å². The van der Waals surface area contributed by atoms with Gasteiger partial charge in [0.25, 0.3) is 0 Å². The average molecular weight is 331 g/mol. The van der Waals surface area contributed by atoms with Crippen LogP contribution in [0, 0.1) is 0 Å². The second-order valence-corrected chi connectivity index (χ2v) is 5.81. The highest BCUT2D eigenvalue weighted by Crippen LogP contribution is 2.11. The summed E-state index contributed by atoms with van der Waals surface area (Å²) in [5.41, 5.74) is 3.08. The van der Waals surface area contributed by atoms with Crippen LogP contribution in [0.15, 0.2) is 85.2 Å². The quantitative estimate of drug-likeness (QED) is 0.729. The molecule has 126 valence electrons. The molecule has 0 spiro atoms. The fourth-order valence-corrected chi connectivity index (χ4v) is 2.59. The van der Waals surface area contributed by atoms with E-state index in [2.05, 4.69) is 22.4 Å². The van der Waals surface area contributed by atoms with Crippen molar-refractivity contribution in [3.63, 3.8) is 0 Å². The first-order chi connectivity index (χ1) is 12.3. The minimum atomic E-state index is -0.0982. The van der Waals surface area contributed by atoms with Crippen molar-refractivity contribution in [2.45, 2.75) is 13.0 Å². The molecule has 3 rings (SSSR count). The van der Waals surface area contributed by atoms with E-state index in [0.717, 1.165) is 17.7 Å². The predicted octanol–water partition coefficient (Wildman–Crippen LogP) is 4.36. The van der Waals surface area contributed by atoms with Gasteiger partial charge in [0.05, 0.1) is 0 Å². The number of amides is 2. The van der Waals surface area contributed by atoms with Crippen LogP contribution in [-0.2, 0) is 13.0 Å². The number of nitrogens with zero attached hydrogens (tertiary/aromatic N) is 2. The lowest BCUT2D eigenvalue weighted by atomic mass is 10.1. The van der Waals surface area contributed by atoms with E-state index in [-0.39, 0.29) is 6.03 Å². The van der Waals surface area contributed by atoms with Gasteiger partial charge < -0.3 is 10.2 Å². The number of urea groups is 1. The molecule has 0 radical (unpaired) electrons. The zero-order valence-electron chi connectivity index (χ0n) is 14.0. The van der Waals surface area contributed by atoms with Crippen molar-refractivity contribution in [3.8, 4) is 0 Å². The SMILES string of the molecule is O=C(Nc1ccccc1)N(CCc1ccccc1)Cc1ccncc1. The smallest absolute Gasteiger partial charge is 0.320 e. The van der Waals surface area contributed by atoms with Gasteiger partial charge in [-0.3, -0.25) is 4.98 Å². The van der Waals surface area contributed by atoms with E-state index in [1.165, 1.54) is 5.56 Å². The zero-order chi connectivity index (χ0) is 17.3. The van der Waals surface area contributed by atoms with Crippen molar-refractivity contribution in [3.05, 3.63) is 96.3 Å². The van der Waals surface area contributed by atoms with E-state index in [1.54, 1.807) is 12.4 Å². The molecule has 0 bridgehead atoms. The highest BCUT2D eigenvalue weighted by atomic mass is 16.2. The molecule has 4 nitrogen and oxygen atoms in total. The number of hydrogen-bond acceptors (Lipinski definition) is 2. The number of carbonyl (C=O) groups is 1. The molecule has 0 aliphatic heterocycles. The van der Waals surface area contributed by atoms with Gasteiger partial charge in [-0.05, 0) is 41.8 Å². The van der Waals surface area contributed by atoms with E-state index >= 15 is 0 Å². The fraction of sp³-hybridized carbons (Fsp3) is 0.143. The molecular formula is C21H21N3O. The Labute approximate surface area is 148 Å². The first-order valence-corrected chi connectivity index (χ1v) is 8.35. The van der Waals surface area contributed by atoms with Gasteiger partial charge in [-0.1, -0.05) is 48.5 Å². The minimum Gasteiger partial charge on any atom is -0.320 e. The molecule has 0 unspecified atom stereocenters. The van der Waals surface area contributed by atoms with Crippen LogP contribution in [0.4, 0.5) is 10.5 Å². The highest BCUT2D eigenvalue weighted by Gasteiger charge is 2.14. The average Bonchev–Trinajstić information content (AvgIpc) is 2.67. The minimum absolute atomic E-state index is 0.0982. The van der Waals surface area contributed by atoms with Crippen LogP contribution in [0.5, 0.6) is 0 Å². The molecule has 0 aliphatic carbocycles. The van der Waals surface area contributed by atoms with Crippen LogP contribution >= 0.6 is 0 Å². The van der Waals surface area contributed by atoms with E-state index in [1.807, 2.05) is 65.6 Å². The third-order valence-electron chi connectivity index (χ3n) is 3.95. The Hall–Kier alpha value is -3.14. The van der Waals surface area contributed by atoms with Crippen molar-refractivity contribution in [2.75, 3.05) is 11.9 Å². The molecule has 0 atom stereocenters. The molecule has 1 aromatic heterocycles. The van der Waals surface area contributed by atoms with Gasteiger partial charge >= 0.3 is 6.03 Å². The molecular weight excluding hydrogens is 310 g/mol. The zero-order valence-corrected chi connectivity index (χ0v) is 14.0. The van der Waals surface area contributed by atoms with Gasteiger partial charge in [0, 0.05) is 31.2 Å². The third-order valence-corrected chi connectivity index (χ3v) is 3.95. The summed E-state index contributed by atoms with van der Waals surface area (Å²) in [7, 11) is 0. The standard InChI is InChI=1S/C21H21N3O/c25-21(23-20-9-5-2-6-10-20)24(17-19-11-14-22-15-12-19)16-13-18-7-3-1-4-8-18/h1-12,14-15H,13,16-17H2,(H,23,25). The van der Waals surface area contributed by atoms with Crippen molar-refractivity contribution in [2.24, 2.45) is 0 Å². The maximum atomic E-state index is 12.7. The Morgan fingerprint density at radius 3 is 2.16 bits per heavy atom. The summed E-state index contributed by atoms with van der Waals surface area (Å²) < 4.78 is 0. The second-order valence-electron chi connectivity index (χ2n) is 5.81. The number of anilines is 1. The normalized spacial score (nSPS) is 10.2. The molecule has 1 heterocycles. The number of benzene rings is 2. The number of rotatable bonds is 6. The van der Waals surface area contributed by atoms with Crippen LogP contribution in [-0.4, -0.2) is 22.5 Å². The molecule has 0 saturated heterocycles. The van der Waals surface area contributed by atoms with E-state index < -0.39 is 0 Å². The van der Waals surface area contributed by atoms with Gasteiger partial charge in [-0.25, -0.2) is 4.79 Å². The second kappa shape index (κ2) is 8.64. The molecule has 3 aromatic rings. The summed E-state index contributed by atoms with van der Waals surface area (Å²) in [4.78, 5) is 18.6. The summed E-state index contributed by atoms with van der Waals surface area (Å²) in [6.45, 7) is 1.19. The Morgan fingerprint density at radius 1 is 0.840 bits per heavy atom. The molecule has 2 aromatic carbocycles. The first kappa shape index (κ1) is 16.7. The lowest BCUT2D eigenvalue weighted by Gasteiger charge is -2.23. The number of nitrogens with one attached hydrogen (secondary N) is 1. The van der Waals surface area contributed by atoms with Crippen molar-refractivity contribution >= 4 is 11.7 Å². The van der Waals surface area contributed by atoms with Crippen molar-refractivity contribution in [1.29, 1.82) is 0 Å². The molecule has 0 saturated carbocycles. The summed E-state index contributed by atoms with van der Waals surface area (Å²) >= 11 is 0. The van der Waals surface area contributed by atoms with Crippen LogP contribution in [0.25, 0.3) is 0 Å². The van der Waals surface area contributed by atoms with Gasteiger partial charge in [0.1, 0.15) is 0 Å². The van der Waals surface area contributed by atoms with Crippen LogP contribution in [0.2, 0.25) is 0 Å². The van der Waals surface area contributed by atoms with Crippen LogP contribution in [0.3, 0.4) is 0 Å². The molecule has 2 amide bonds. The topological polar surface area (TPSA) is 45.2 Å². The van der Waals surface area contributed by atoms with Crippen molar-refractivity contribution < 1.29 is 4.79 Å². The van der Waals surface area contributed by atoms with Gasteiger partial charge in [0.15, 0.2) is 0 Å². The molecule has 0 aliphatic rings. The van der Waals surface area contributed by atoms with E-state index in [0.29, 0.717) is 13.1 Å². The highest BCUT2D eigenvalue weighted by molar-refractivity contribution is 5.89. The largest absolute Gasteiger partial charge is 0.322 e. The number of hydrogen-bond donors (Lipinski definition) is 1. The van der Waals surface area contributed by atoms with E-state index in [4.69, 9.17) is 0 Å². The third kappa shape index (κ3) is 5.18. The molecule has 4 heteroatoms. The maximum Gasteiger partial charge on any atom is 0.322 e. The summed E-state index contributed by atoms with van der Waals surface area (Å²) in [6.07, 6.45) is 4.31. The Kier molecular flexibility index (Phi) is 5.77. The fourth-order valence-electron chi connectivity index (χ4n) is 2.59. The van der Waals surface area contributed by atoms with Gasteiger partial charge in [-0.15, -0.1) is 0 Å². The predicted molar refractivity (Wildman–Crippen MR) is 100 cm³/mol. The summed E-state index contributed by atoms with van der Waals surface area (Å²) in [5, 5.41) is 2.97. The van der Waals surface area contributed by atoms with Crippen molar-refractivity contribution in [1.82, 2.24) is 9.88 Å². The Morgan fingerprint density at radius 2 is 1.48 bits per heavy atom. The van der Waals surface area contributed by atoms with Gasteiger partial charge in [-0.2, -0.15) is 0 Å². The summed E-state index contributed by atoms with van der Waals surface area (Å²) in [5.74, 6) is 0. The number of aromatic nitrogens is 1. The summed E-state index contributed by atoms with van der Waals surface area (Å²) in [6, 6.07) is 23.5. The van der Waals surface area contributed by atoms with E-state index in [9.17, 15) is 4.79 Å². The number of pyridine rings is 1. The monoisotopic (exact) mass is 331 g/mol. The molecule has 1 N–H and O–H groups in total. The lowest BCUT2D eigenvalue weighted by Crippen LogP contribution is -2.36. The number of carbonyl (C=O) groups excluding carboxylic acids is 1. The Bertz CT molecular complexity index is 776. The van der Waals surface area contributed by atoms with Crippen LogP contribution in [0.1, 0.15) is 11.1 Å². The Balaban J connectivity index is 1.70. The molecule has 0 fully saturated rings. The lowest BCUT2D eigenvalue weighted by molar-refractivity contribution is 0.210. The number of para-hydroxylation sites is 1. The molecule has 25 heavy (non-hydrogen) atoms. The first-order valence-electron chi connectivity index (χ1n) is 8.35. The maximum absolute atomic E-state index is 12.7.